The number of benzene rings is 2. The summed E-state index contributed by atoms with van der Waals surface area (Å²) in [6.45, 7) is 1.31. The van der Waals surface area contributed by atoms with Gasteiger partial charge in [-0.3, -0.25) is 13.9 Å². The van der Waals surface area contributed by atoms with Gasteiger partial charge in [-0.25, -0.2) is 8.42 Å². The minimum Gasteiger partial charge on any atom is -0.368 e. The van der Waals surface area contributed by atoms with Crippen molar-refractivity contribution in [3.8, 4) is 0 Å². The lowest BCUT2D eigenvalue weighted by Gasteiger charge is -2.24. The number of amides is 2. The van der Waals surface area contributed by atoms with Crippen molar-refractivity contribution in [2.24, 2.45) is 5.73 Å². The number of hydrogen-bond donors (Lipinski definition) is 2. The van der Waals surface area contributed by atoms with Gasteiger partial charge in [0, 0.05) is 6.42 Å². The highest BCUT2D eigenvalue weighted by molar-refractivity contribution is 7.92. The van der Waals surface area contributed by atoms with E-state index in [4.69, 9.17) is 5.73 Å². The van der Waals surface area contributed by atoms with E-state index in [1.54, 1.807) is 31.2 Å². The lowest BCUT2D eigenvalue weighted by Crippen LogP contribution is -2.50. The molecule has 0 aliphatic carbocycles. The molecule has 7 nitrogen and oxygen atoms in total. The Morgan fingerprint density at radius 2 is 1.67 bits per heavy atom. The summed E-state index contributed by atoms with van der Waals surface area (Å²) < 4.78 is 25.4. The molecule has 0 spiro atoms. The third kappa shape index (κ3) is 5.82. The Morgan fingerprint density at radius 1 is 1.07 bits per heavy atom. The van der Waals surface area contributed by atoms with Crippen molar-refractivity contribution in [2.45, 2.75) is 19.4 Å². The molecule has 0 bridgehead atoms. The second-order valence-corrected chi connectivity index (χ2v) is 8.18. The maximum atomic E-state index is 12.5. The summed E-state index contributed by atoms with van der Waals surface area (Å²) in [5, 5.41) is 2.54. The smallest absolute Gasteiger partial charge is 0.241 e. The summed E-state index contributed by atoms with van der Waals surface area (Å²) in [7, 11) is -3.69. The van der Waals surface area contributed by atoms with E-state index in [1.165, 1.54) is 0 Å². The standard InChI is InChI=1S/C19H23N3O4S/c1-14-8-6-7-11-17(14)22(27(2,25)26)13-18(23)21-16(19(20)24)12-15-9-4-3-5-10-15/h3-11,16H,12-13H2,1-2H3,(H2,20,24)(H,21,23). The van der Waals surface area contributed by atoms with Crippen molar-refractivity contribution in [3.63, 3.8) is 0 Å². The number of nitrogens with two attached hydrogens (primary N) is 1. The van der Waals surface area contributed by atoms with E-state index in [1.807, 2.05) is 30.3 Å². The first-order chi connectivity index (χ1) is 12.7. The number of rotatable bonds is 8. The number of hydrogen-bond acceptors (Lipinski definition) is 4. The highest BCUT2D eigenvalue weighted by atomic mass is 32.2. The second-order valence-electron chi connectivity index (χ2n) is 6.27. The number of sulfonamides is 1. The van der Waals surface area contributed by atoms with Crippen LogP contribution in [-0.4, -0.2) is 39.1 Å². The van der Waals surface area contributed by atoms with Crippen molar-refractivity contribution in [2.75, 3.05) is 17.1 Å². The summed E-state index contributed by atoms with van der Waals surface area (Å²) in [5.41, 5.74) is 7.36. The zero-order chi connectivity index (χ0) is 20.0. The predicted octanol–water partition coefficient (Wildman–Crippen LogP) is 0.974. The monoisotopic (exact) mass is 389 g/mol. The van der Waals surface area contributed by atoms with Crippen LogP contribution in [0.4, 0.5) is 5.69 Å². The summed E-state index contributed by atoms with van der Waals surface area (Å²) in [6, 6.07) is 15.0. The van der Waals surface area contributed by atoms with Crippen molar-refractivity contribution in [1.82, 2.24) is 5.32 Å². The highest BCUT2D eigenvalue weighted by Gasteiger charge is 2.25. The predicted molar refractivity (Wildman–Crippen MR) is 105 cm³/mol. The van der Waals surface area contributed by atoms with E-state index in [-0.39, 0.29) is 6.42 Å². The van der Waals surface area contributed by atoms with Crippen LogP contribution in [0.25, 0.3) is 0 Å². The molecule has 3 N–H and O–H groups in total. The Hall–Kier alpha value is -2.87. The Bertz CT molecular complexity index is 914. The SMILES string of the molecule is Cc1ccccc1N(CC(=O)NC(Cc1ccccc1)C(N)=O)S(C)(=O)=O. The Labute approximate surface area is 159 Å². The Balaban J connectivity index is 2.17. The summed E-state index contributed by atoms with van der Waals surface area (Å²) in [6.07, 6.45) is 1.26. The first kappa shape index (κ1) is 20.4. The Kier molecular flexibility index (Phi) is 6.57. The zero-order valence-electron chi connectivity index (χ0n) is 15.3. The summed E-state index contributed by atoms with van der Waals surface area (Å²) >= 11 is 0. The molecule has 0 saturated carbocycles. The van der Waals surface area contributed by atoms with Crippen LogP contribution < -0.4 is 15.4 Å². The highest BCUT2D eigenvalue weighted by Crippen LogP contribution is 2.21. The lowest BCUT2D eigenvalue weighted by molar-refractivity contribution is -0.126. The van der Waals surface area contributed by atoms with E-state index in [0.717, 1.165) is 16.1 Å². The second kappa shape index (κ2) is 8.68. The number of carbonyl (C=O) groups is 2. The largest absolute Gasteiger partial charge is 0.368 e. The number of anilines is 1. The van der Waals surface area contributed by atoms with Crippen LogP contribution in [0.2, 0.25) is 0 Å². The van der Waals surface area contributed by atoms with Crippen LogP contribution in [-0.2, 0) is 26.0 Å². The maximum absolute atomic E-state index is 12.5. The van der Waals surface area contributed by atoms with Gasteiger partial charge in [0.2, 0.25) is 21.8 Å². The lowest BCUT2D eigenvalue weighted by atomic mass is 10.1. The molecule has 2 rings (SSSR count). The fourth-order valence-electron chi connectivity index (χ4n) is 2.67. The Morgan fingerprint density at radius 3 is 2.22 bits per heavy atom. The molecule has 0 saturated heterocycles. The van der Waals surface area contributed by atoms with E-state index in [9.17, 15) is 18.0 Å². The average molecular weight is 389 g/mol. The fraction of sp³-hybridized carbons (Fsp3) is 0.263. The van der Waals surface area contributed by atoms with Gasteiger partial charge in [0.1, 0.15) is 12.6 Å². The molecule has 2 aromatic carbocycles. The molecule has 0 aliphatic rings. The van der Waals surface area contributed by atoms with Gasteiger partial charge < -0.3 is 11.1 Å². The van der Waals surface area contributed by atoms with Crippen molar-refractivity contribution < 1.29 is 18.0 Å². The van der Waals surface area contributed by atoms with Gasteiger partial charge >= 0.3 is 0 Å². The molecule has 0 heterocycles. The third-order valence-electron chi connectivity index (χ3n) is 4.03. The van der Waals surface area contributed by atoms with Crippen molar-refractivity contribution in [3.05, 3.63) is 65.7 Å². The van der Waals surface area contributed by atoms with Gasteiger partial charge in [0.05, 0.1) is 11.9 Å². The quantitative estimate of drug-likeness (QED) is 0.701. The first-order valence-electron chi connectivity index (χ1n) is 8.34. The van der Waals surface area contributed by atoms with Crippen LogP contribution in [0.15, 0.2) is 54.6 Å². The average Bonchev–Trinajstić information content (AvgIpc) is 2.60. The summed E-state index contributed by atoms with van der Waals surface area (Å²) in [5.74, 6) is -1.29. The zero-order valence-corrected chi connectivity index (χ0v) is 16.1. The van der Waals surface area contributed by atoms with Gasteiger partial charge in [0.25, 0.3) is 0 Å². The fourth-order valence-corrected chi connectivity index (χ4v) is 3.58. The van der Waals surface area contributed by atoms with Gasteiger partial charge in [-0.2, -0.15) is 0 Å². The number of nitrogens with one attached hydrogen (secondary N) is 1. The van der Waals surface area contributed by atoms with Crippen LogP contribution in [0.5, 0.6) is 0 Å². The molecule has 27 heavy (non-hydrogen) atoms. The van der Waals surface area contributed by atoms with Gasteiger partial charge in [-0.05, 0) is 24.1 Å². The van der Waals surface area contributed by atoms with Crippen LogP contribution in [0.1, 0.15) is 11.1 Å². The van der Waals surface area contributed by atoms with E-state index in [0.29, 0.717) is 11.3 Å². The minimum atomic E-state index is -3.69. The number of para-hydroxylation sites is 1. The molecule has 0 aliphatic heterocycles. The molecule has 0 radical (unpaired) electrons. The minimum absolute atomic E-state index is 0.227. The van der Waals surface area contributed by atoms with Gasteiger partial charge in [-0.1, -0.05) is 48.5 Å². The maximum Gasteiger partial charge on any atom is 0.241 e. The van der Waals surface area contributed by atoms with Gasteiger partial charge in [0.15, 0.2) is 0 Å². The molecule has 8 heteroatoms. The van der Waals surface area contributed by atoms with E-state index >= 15 is 0 Å². The number of aryl methyl sites for hydroxylation is 1. The van der Waals surface area contributed by atoms with Crippen LogP contribution >= 0.6 is 0 Å². The number of nitrogens with zero attached hydrogens (tertiary/aromatic N) is 1. The van der Waals surface area contributed by atoms with Crippen LogP contribution in [0, 0.1) is 6.92 Å². The van der Waals surface area contributed by atoms with Crippen molar-refractivity contribution in [1.29, 1.82) is 0 Å². The molecule has 0 aromatic heterocycles. The molecule has 2 amide bonds. The third-order valence-corrected chi connectivity index (χ3v) is 5.16. The molecular formula is C19H23N3O4S. The molecule has 2 aromatic rings. The van der Waals surface area contributed by atoms with Gasteiger partial charge in [-0.15, -0.1) is 0 Å². The van der Waals surface area contributed by atoms with Crippen LogP contribution in [0.3, 0.4) is 0 Å². The molecule has 0 fully saturated rings. The van der Waals surface area contributed by atoms with E-state index < -0.39 is 34.4 Å². The molecular weight excluding hydrogens is 366 g/mol. The molecule has 1 unspecified atom stereocenters. The van der Waals surface area contributed by atoms with Crippen molar-refractivity contribution >= 4 is 27.5 Å². The van der Waals surface area contributed by atoms with E-state index in [2.05, 4.69) is 5.32 Å². The number of carbonyl (C=O) groups excluding carboxylic acids is 2. The number of primary amides is 1. The molecule has 1 atom stereocenters. The normalized spacial score (nSPS) is 12.2. The first-order valence-corrected chi connectivity index (χ1v) is 10.2. The summed E-state index contributed by atoms with van der Waals surface area (Å²) in [4.78, 5) is 24.2. The molecule has 144 valence electrons. The topological polar surface area (TPSA) is 110 Å².